The first kappa shape index (κ1) is 41.6. The molecule has 3 aliphatic carbocycles. The van der Waals surface area contributed by atoms with Crippen LogP contribution in [0.2, 0.25) is 0 Å². The zero-order valence-electron chi connectivity index (χ0n) is 41.7. The zero-order valence-corrected chi connectivity index (χ0v) is 41.7. The number of fused-ring (bicyclic) bond motifs is 16. The maximum atomic E-state index is 2.56. The molecule has 2 heteroatoms. The van der Waals surface area contributed by atoms with Crippen molar-refractivity contribution >= 4 is 43.6 Å². The Morgan fingerprint density at radius 2 is 0.778 bits per heavy atom. The summed E-state index contributed by atoms with van der Waals surface area (Å²) >= 11 is 0. The van der Waals surface area contributed by atoms with E-state index in [-0.39, 0.29) is 22.7 Å². The van der Waals surface area contributed by atoms with Crippen LogP contribution >= 0.6 is 0 Å². The topological polar surface area (TPSA) is 9.86 Å². The molecule has 0 N–H and O–H groups in total. The summed E-state index contributed by atoms with van der Waals surface area (Å²) in [5.74, 6) is 0.536. The number of hydrogen-bond acceptors (Lipinski definition) is 0. The van der Waals surface area contributed by atoms with Gasteiger partial charge in [-0.25, -0.2) is 0 Å². The number of benzene rings is 10. The van der Waals surface area contributed by atoms with Crippen LogP contribution in [0.15, 0.2) is 206 Å². The second-order valence-corrected chi connectivity index (χ2v) is 22.1. The molecular formula is C70H54N2. The molecule has 0 saturated carbocycles. The summed E-state index contributed by atoms with van der Waals surface area (Å²) in [6.45, 7) is 14.4. The Hall–Kier alpha value is -8.20. The van der Waals surface area contributed by atoms with E-state index in [0.29, 0.717) is 0 Å². The minimum atomic E-state index is -0.0224. The maximum Gasteiger partial charge on any atom is 0.0582 e. The van der Waals surface area contributed by atoms with Crippen LogP contribution in [0, 0.1) is 0 Å². The highest BCUT2D eigenvalue weighted by Gasteiger charge is 2.37. The van der Waals surface area contributed by atoms with E-state index >= 15 is 0 Å². The van der Waals surface area contributed by atoms with Gasteiger partial charge >= 0.3 is 0 Å². The van der Waals surface area contributed by atoms with Gasteiger partial charge in [0.05, 0.1) is 22.1 Å². The third kappa shape index (κ3) is 5.55. The van der Waals surface area contributed by atoms with Gasteiger partial charge in [-0.1, -0.05) is 175 Å². The van der Waals surface area contributed by atoms with Gasteiger partial charge < -0.3 is 9.13 Å². The molecule has 0 saturated heterocycles. The van der Waals surface area contributed by atoms with Gasteiger partial charge in [-0.2, -0.15) is 0 Å². The van der Waals surface area contributed by atoms with Crippen LogP contribution in [-0.4, -0.2) is 9.13 Å². The van der Waals surface area contributed by atoms with E-state index in [0.717, 1.165) is 0 Å². The third-order valence-corrected chi connectivity index (χ3v) is 17.8. The Morgan fingerprint density at radius 3 is 1.36 bits per heavy atom. The van der Waals surface area contributed by atoms with Crippen molar-refractivity contribution in [3.8, 4) is 67.0 Å². The molecule has 2 unspecified atom stereocenters. The fourth-order valence-electron chi connectivity index (χ4n) is 13.9. The molecule has 0 amide bonds. The SMILES string of the molecule is CC1c2cc3c4cc(-c5ccc6c(c5)-c5ccccc5C6(C)C)ccc4n(-c4ccccc4)c3cc2-c2ccc3c4cc(-c5ccc6c(c5)-c5ccccc5C6(C)C)ccc4n(-c4ccccc4)c3c2C1C. The first-order valence-corrected chi connectivity index (χ1v) is 25.9. The summed E-state index contributed by atoms with van der Waals surface area (Å²) in [7, 11) is 0. The lowest BCUT2D eigenvalue weighted by Gasteiger charge is -2.33. The number of aromatic nitrogens is 2. The van der Waals surface area contributed by atoms with Gasteiger partial charge in [-0.15, -0.1) is 0 Å². The van der Waals surface area contributed by atoms with Gasteiger partial charge in [-0.3, -0.25) is 0 Å². The van der Waals surface area contributed by atoms with Crippen LogP contribution in [0.3, 0.4) is 0 Å². The smallest absolute Gasteiger partial charge is 0.0582 e. The van der Waals surface area contributed by atoms with Crippen molar-refractivity contribution in [2.24, 2.45) is 0 Å². The summed E-state index contributed by atoms with van der Waals surface area (Å²) in [6, 6.07) is 78.5. The first-order chi connectivity index (χ1) is 35.1. The van der Waals surface area contributed by atoms with E-state index in [1.807, 2.05) is 0 Å². The van der Waals surface area contributed by atoms with Gasteiger partial charge in [0.25, 0.3) is 0 Å². The van der Waals surface area contributed by atoms with Crippen LogP contribution < -0.4 is 0 Å². The molecule has 10 aromatic carbocycles. The maximum absolute atomic E-state index is 2.56. The van der Waals surface area contributed by atoms with Gasteiger partial charge in [0.2, 0.25) is 0 Å². The molecule has 2 atom stereocenters. The van der Waals surface area contributed by atoms with Gasteiger partial charge in [0.15, 0.2) is 0 Å². The van der Waals surface area contributed by atoms with Crippen molar-refractivity contribution < 1.29 is 0 Å². The second kappa shape index (κ2) is 14.7. The molecule has 72 heavy (non-hydrogen) atoms. The summed E-state index contributed by atoms with van der Waals surface area (Å²) < 4.78 is 5.06. The molecule has 3 aliphatic rings. The summed E-state index contributed by atoms with van der Waals surface area (Å²) in [4.78, 5) is 0. The molecule has 0 radical (unpaired) electrons. The predicted molar refractivity (Wildman–Crippen MR) is 303 cm³/mol. The van der Waals surface area contributed by atoms with Crippen molar-refractivity contribution in [3.63, 3.8) is 0 Å². The van der Waals surface area contributed by atoms with Crippen molar-refractivity contribution in [2.45, 2.75) is 64.2 Å². The molecule has 0 aliphatic heterocycles. The van der Waals surface area contributed by atoms with Crippen molar-refractivity contribution in [1.82, 2.24) is 9.13 Å². The summed E-state index contributed by atoms with van der Waals surface area (Å²) in [5.41, 5.74) is 28.9. The van der Waals surface area contributed by atoms with Crippen LogP contribution in [0.25, 0.3) is 111 Å². The molecule has 344 valence electrons. The summed E-state index contributed by atoms with van der Waals surface area (Å²) in [5, 5.41) is 5.17. The lowest BCUT2D eigenvalue weighted by molar-refractivity contribution is 0.619. The molecule has 12 aromatic rings. The van der Waals surface area contributed by atoms with E-state index in [1.165, 1.54) is 144 Å². The van der Waals surface area contributed by atoms with Crippen LogP contribution in [0.4, 0.5) is 0 Å². The number of rotatable bonds is 4. The Balaban J connectivity index is 0.934. The Kier molecular flexibility index (Phi) is 8.48. The monoisotopic (exact) mass is 922 g/mol. The van der Waals surface area contributed by atoms with Gasteiger partial charge in [0.1, 0.15) is 0 Å². The third-order valence-electron chi connectivity index (χ3n) is 17.8. The number of nitrogens with zero attached hydrogens (tertiary/aromatic N) is 2. The van der Waals surface area contributed by atoms with E-state index in [1.54, 1.807) is 0 Å². The van der Waals surface area contributed by atoms with Crippen LogP contribution in [-0.2, 0) is 10.8 Å². The second-order valence-electron chi connectivity index (χ2n) is 22.1. The lowest BCUT2D eigenvalue weighted by atomic mass is 9.72. The van der Waals surface area contributed by atoms with Crippen molar-refractivity contribution in [1.29, 1.82) is 0 Å². The molecule has 15 rings (SSSR count). The number of hydrogen-bond donors (Lipinski definition) is 0. The van der Waals surface area contributed by atoms with E-state index in [2.05, 4.69) is 257 Å². The van der Waals surface area contributed by atoms with Crippen LogP contribution in [0.5, 0.6) is 0 Å². The first-order valence-electron chi connectivity index (χ1n) is 25.9. The Labute approximate surface area is 421 Å². The lowest BCUT2D eigenvalue weighted by Crippen LogP contribution is -2.15. The minimum Gasteiger partial charge on any atom is -0.309 e. The normalized spacial score (nSPS) is 16.7. The fraction of sp³-hybridized carbons (Fsp3) is 0.143. The highest BCUT2D eigenvalue weighted by molar-refractivity contribution is 6.15. The molecular weight excluding hydrogens is 869 g/mol. The van der Waals surface area contributed by atoms with E-state index in [4.69, 9.17) is 0 Å². The van der Waals surface area contributed by atoms with Gasteiger partial charge in [0, 0.05) is 43.7 Å². The highest BCUT2D eigenvalue weighted by Crippen LogP contribution is 2.55. The van der Waals surface area contributed by atoms with Crippen molar-refractivity contribution in [2.75, 3.05) is 0 Å². The highest BCUT2D eigenvalue weighted by atomic mass is 15.0. The molecule has 0 spiro atoms. The predicted octanol–water partition coefficient (Wildman–Crippen LogP) is 18.7. The molecule has 2 heterocycles. The summed E-state index contributed by atoms with van der Waals surface area (Å²) in [6.07, 6.45) is 0. The average molecular weight is 923 g/mol. The standard InChI is InChI=1S/C70H54N2/c1-41-42(2)67-51(29-30-52-57-37-45(28-34-65(57)72(68(52)67)48-19-11-8-12-20-48)43-25-31-62-55(35-43)49-21-13-15-23-60(49)69(62,3)4)54-40-66-59(39-53(41)54)58-38-46(27-33-64(58)71(66)47-17-9-7-10-18-47)44-26-32-63-56(36-44)50-22-14-16-24-61(50)70(63,5)6/h7-42H,1-6H3. The quantitative estimate of drug-likeness (QED) is 0.166. The van der Waals surface area contributed by atoms with Gasteiger partial charge in [-0.05, 0) is 174 Å². The van der Waals surface area contributed by atoms with E-state index in [9.17, 15) is 0 Å². The molecule has 0 bridgehead atoms. The molecule has 2 aromatic heterocycles. The fourth-order valence-corrected chi connectivity index (χ4v) is 13.9. The number of para-hydroxylation sites is 2. The van der Waals surface area contributed by atoms with Crippen molar-refractivity contribution in [3.05, 3.63) is 240 Å². The molecule has 2 nitrogen and oxygen atoms in total. The average Bonchev–Trinajstić information content (AvgIpc) is 4.07. The Bertz CT molecular complexity index is 4170. The molecule has 0 fully saturated rings. The zero-order chi connectivity index (χ0) is 48.4. The largest absolute Gasteiger partial charge is 0.309 e. The van der Waals surface area contributed by atoms with Crippen LogP contribution in [0.1, 0.15) is 86.8 Å². The Morgan fingerprint density at radius 1 is 0.319 bits per heavy atom. The van der Waals surface area contributed by atoms with E-state index < -0.39 is 0 Å². The minimum absolute atomic E-state index is 0.0224.